The van der Waals surface area contributed by atoms with Crippen LogP contribution in [0.25, 0.3) is 17.0 Å². The van der Waals surface area contributed by atoms with Crippen molar-refractivity contribution in [1.29, 1.82) is 0 Å². The predicted molar refractivity (Wildman–Crippen MR) is 103 cm³/mol. The van der Waals surface area contributed by atoms with Crippen LogP contribution in [0.4, 0.5) is 13.2 Å². The number of hydrogen-bond acceptors (Lipinski definition) is 4. The van der Waals surface area contributed by atoms with E-state index < -0.39 is 11.7 Å². The van der Waals surface area contributed by atoms with Crippen LogP contribution in [0.15, 0.2) is 59.0 Å². The normalized spacial score (nSPS) is 12.3. The summed E-state index contributed by atoms with van der Waals surface area (Å²) in [6, 6.07) is 12.1. The molecule has 0 aliphatic carbocycles. The van der Waals surface area contributed by atoms with Gasteiger partial charge in [0.05, 0.1) is 12.2 Å². The van der Waals surface area contributed by atoms with Gasteiger partial charge >= 0.3 is 6.18 Å². The lowest BCUT2D eigenvalue weighted by Gasteiger charge is -2.07. The molecule has 0 amide bonds. The summed E-state index contributed by atoms with van der Waals surface area (Å²) in [5.74, 6) is 1.41. The Balaban J connectivity index is 1.73. The van der Waals surface area contributed by atoms with Crippen molar-refractivity contribution in [3.8, 4) is 17.2 Å². The molecule has 2 aromatic carbocycles. The minimum absolute atomic E-state index is 0.0399. The van der Waals surface area contributed by atoms with Crippen LogP contribution < -0.4 is 4.74 Å². The molecule has 1 aromatic heterocycles. The summed E-state index contributed by atoms with van der Waals surface area (Å²) >= 11 is 0. The molecule has 4 nitrogen and oxygen atoms in total. The lowest BCUT2D eigenvalue weighted by Crippen LogP contribution is -2.04. The van der Waals surface area contributed by atoms with E-state index >= 15 is 0 Å². The highest BCUT2D eigenvalue weighted by Crippen LogP contribution is 2.31. The van der Waals surface area contributed by atoms with Crippen LogP contribution in [-0.4, -0.2) is 16.7 Å². The molecule has 0 radical (unpaired) electrons. The highest BCUT2D eigenvalue weighted by molar-refractivity contribution is 5.64. The third kappa shape index (κ3) is 5.06. The predicted octanol–water partition coefficient (Wildman–Crippen LogP) is 5.64. The molecular weight excluding hydrogens is 383 g/mol. The van der Waals surface area contributed by atoms with E-state index in [0.717, 1.165) is 23.3 Å². The molecule has 0 atom stereocenters. The Morgan fingerprint density at radius 2 is 1.90 bits per heavy atom. The molecule has 29 heavy (non-hydrogen) atoms. The number of allylic oxidation sites excluding steroid dienone is 1. The fourth-order valence-electron chi connectivity index (χ4n) is 2.72. The van der Waals surface area contributed by atoms with Gasteiger partial charge in [0, 0.05) is 5.56 Å². The Labute approximate surface area is 166 Å². The minimum Gasteiger partial charge on any atom is -0.487 e. The average Bonchev–Trinajstić information content (AvgIpc) is 3.07. The van der Waals surface area contributed by atoms with E-state index in [1.807, 2.05) is 31.2 Å². The van der Waals surface area contributed by atoms with Crippen molar-refractivity contribution in [2.45, 2.75) is 26.6 Å². The SMILES string of the molecule is C/C(=C/CO)c1cccc(OCc2nc(-c3ccc(C(F)(F)F)cc3)oc2C)c1. The first-order chi connectivity index (χ1) is 13.8. The maximum absolute atomic E-state index is 12.7. The Kier molecular flexibility index (Phi) is 6.08. The van der Waals surface area contributed by atoms with E-state index in [9.17, 15) is 13.2 Å². The van der Waals surface area contributed by atoms with E-state index in [0.29, 0.717) is 22.8 Å². The van der Waals surface area contributed by atoms with Gasteiger partial charge in [-0.15, -0.1) is 0 Å². The summed E-state index contributed by atoms with van der Waals surface area (Å²) in [6.07, 6.45) is -2.68. The second-order valence-electron chi connectivity index (χ2n) is 6.48. The van der Waals surface area contributed by atoms with Crippen LogP contribution in [0.5, 0.6) is 5.75 Å². The molecule has 3 aromatic rings. The number of aliphatic hydroxyl groups excluding tert-OH is 1. The highest BCUT2D eigenvalue weighted by Gasteiger charge is 2.30. The summed E-state index contributed by atoms with van der Waals surface area (Å²) in [5.41, 5.74) is 2.16. The number of benzene rings is 2. The molecule has 0 saturated heterocycles. The Morgan fingerprint density at radius 1 is 1.17 bits per heavy atom. The van der Waals surface area contributed by atoms with Crippen LogP contribution in [0.2, 0.25) is 0 Å². The lowest BCUT2D eigenvalue weighted by molar-refractivity contribution is -0.137. The van der Waals surface area contributed by atoms with Gasteiger partial charge < -0.3 is 14.3 Å². The van der Waals surface area contributed by atoms with Gasteiger partial charge in [-0.1, -0.05) is 18.2 Å². The second kappa shape index (κ2) is 8.53. The van der Waals surface area contributed by atoms with Gasteiger partial charge in [0.15, 0.2) is 0 Å². The minimum atomic E-state index is -4.39. The zero-order chi connectivity index (χ0) is 21.0. The Morgan fingerprint density at radius 3 is 2.55 bits per heavy atom. The molecule has 7 heteroatoms. The van der Waals surface area contributed by atoms with Gasteiger partial charge in [-0.05, 0) is 61.4 Å². The van der Waals surface area contributed by atoms with Gasteiger partial charge in [0.1, 0.15) is 23.8 Å². The summed E-state index contributed by atoms with van der Waals surface area (Å²) < 4.78 is 49.5. The standard InChI is InChI=1S/C22H20F3NO3/c1-14(10-11-27)17-4-3-5-19(12-17)28-13-20-15(2)29-21(26-20)16-6-8-18(9-7-16)22(23,24)25/h3-10,12,27H,11,13H2,1-2H3/b14-10-. The van der Waals surface area contributed by atoms with Crippen LogP contribution >= 0.6 is 0 Å². The molecule has 0 spiro atoms. The summed E-state index contributed by atoms with van der Waals surface area (Å²) in [6.45, 7) is 3.74. The highest BCUT2D eigenvalue weighted by atomic mass is 19.4. The number of aryl methyl sites for hydroxylation is 1. The fraction of sp³-hybridized carbons (Fsp3) is 0.227. The van der Waals surface area contributed by atoms with E-state index in [1.165, 1.54) is 12.1 Å². The Hall–Kier alpha value is -3.06. The topological polar surface area (TPSA) is 55.5 Å². The van der Waals surface area contributed by atoms with Crippen molar-refractivity contribution in [3.63, 3.8) is 0 Å². The average molecular weight is 403 g/mol. The van der Waals surface area contributed by atoms with E-state index in [2.05, 4.69) is 4.98 Å². The molecule has 152 valence electrons. The van der Waals surface area contributed by atoms with Crippen molar-refractivity contribution < 1.29 is 27.4 Å². The first-order valence-corrected chi connectivity index (χ1v) is 8.92. The number of nitrogens with zero attached hydrogens (tertiary/aromatic N) is 1. The van der Waals surface area contributed by atoms with Crippen molar-refractivity contribution in [1.82, 2.24) is 4.98 Å². The Bertz CT molecular complexity index is 1000. The number of aliphatic hydroxyl groups is 1. The third-order valence-electron chi connectivity index (χ3n) is 4.41. The van der Waals surface area contributed by atoms with Crippen molar-refractivity contribution >= 4 is 5.57 Å². The maximum Gasteiger partial charge on any atom is 0.416 e. The van der Waals surface area contributed by atoms with E-state index in [4.69, 9.17) is 14.3 Å². The fourth-order valence-corrected chi connectivity index (χ4v) is 2.72. The maximum atomic E-state index is 12.7. The number of rotatable bonds is 6. The number of hydrogen-bond donors (Lipinski definition) is 1. The summed E-state index contributed by atoms with van der Waals surface area (Å²) in [7, 11) is 0. The van der Waals surface area contributed by atoms with E-state index in [1.54, 1.807) is 13.0 Å². The zero-order valence-corrected chi connectivity index (χ0v) is 16.0. The van der Waals surface area contributed by atoms with Gasteiger partial charge in [-0.2, -0.15) is 13.2 Å². The van der Waals surface area contributed by atoms with Crippen LogP contribution in [0.3, 0.4) is 0 Å². The van der Waals surface area contributed by atoms with Gasteiger partial charge in [0.25, 0.3) is 0 Å². The number of ether oxygens (including phenoxy) is 1. The number of aromatic nitrogens is 1. The molecule has 0 unspecified atom stereocenters. The molecule has 0 bridgehead atoms. The van der Waals surface area contributed by atoms with E-state index in [-0.39, 0.29) is 19.1 Å². The van der Waals surface area contributed by atoms with Crippen LogP contribution in [0, 0.1) is 6.92 Å². The van der Waals surface area contributed by atoms with Gasteiger partial charge in [-0.3, -0.25) is 0 Å². The quantitative estimate of drug-likeness (QED) is 0.578. The third-order valence-corrected chi connectivity index (χ3v) is 4.41. The number of alkyl halides is 3. The first-order valence-electron chi connectivity index (χ1n) is 8.92. The molecule has 0 aliphatic rings. The smallest absolute Gasteiger partial charge is 0.416 e. The second-order valence-corrected chi connectivity index (χ2v) is 6.48. The number of halogens is 3. The molecule has 0 saturated carbocycles. The molecular formula is C22H20F3NO3. The van der Waals surface area contributed by atoms with Crippen molar-refractivity contribution in [2.75, 3.05) is 6.61 Å². The number of oxazole rings is 1. The lowest BCUT2D eigenvalue weighted by atomic mass is 10.1. The van der Waals surface area contributed by atoms with Gasteiger partial charge in [-0.25, -0.2) is 4.98 Å². The van der Waals surface area contributed by atoms with Crippen LogP contribution in [0.1, 0.15) is 29.5 Å². The summed E-state index contributed by atoms with van der Waals surface area (Å²) in [5, 5.41) is 9.02. The largest absolute Gasteiger partial charge is 0.487 e. The first kappa shape index (κ1) is 20.7. The van der Waals surface area contributed by atoms with Crippen molar-refractivity contribution in [3.05, 3.63) is 77.2 Å². The monoisotopic (exact) mass is 403 g/mol. The molecule has 1 N–H and O–H groups in total. The summed E-state index contributed by atoms with van der Waals surface area (Å²) in [4.78, 5) is 4.36. The zero-order valence-electron chi connectivity index (χ0n) is 16.0. The van der Waals surface area contributed by atoms with Crippen LogP contribution in [-0.2, 0) is 12.8 Å². The molecule has 0 aliphatic heterocycles. The molecule has 1 heterocycles. The van der Waals surface area contributed by atoms with Gasteiger partial charge in [0.2, 0.25) is 5.89 Å². The van der Waals surface area contributed by atoms with Crippen molar-refractivity contribution in [2.24, 2.45) is 0 Å². The molecule has 3 rings (SSSR count). The molecule has 0 fully saturated rings.